The Labute approximate surface area is 95.0 Å². The predicted octanol–water partition coefficient (Wildman–Crippen LogP) is 1.12. The molecule has 0 spiro atoms. The molecule has 0 bridgehead atoms. The number of nitrogens with one attached hydrogen (secondary N) is 1. The van der Waals surface area contributed by atoms with Crippen molar-refractivity contribution < 1.29 is 9.53 Å². The second-order valence-electron chi connectivity index (χ2n) is 4.07. The van der Waals surface area contributed by atoms with E-state index < -0.39 is 0 Å². The Morgan fingerprint density at radius 1 is 1.62 bits per heavy atom. The van der Waals surface area contributed by atoms with E-state index in [0.29, 0.717) is 18.9 Å². The molecule has 1 amide bonds. The van der Waals surface area contributed by atoms with Crippen LogP contribution < -0.4 is 5.32 Å². The summed E-state index contributed by atoms with van der Waals surface area (Å²) in [4.78, 5) is 15.6. The van der Waals surface area contributed by atoms with Crippen molar-refractivity contribution in [2.75, 3.05) is 13.2 Å². The molecule has 4 heteroatoms. The molecule has 1 N–H and O–H groups in total. The molecule has 4 nitrogen and oxygen atoms in total. The average Bonchev–Trinajstić information content (AvgIpc) is 2.81. The van der Waals surface area contributed by atoms with Gasteiger partial charge < -0.3 is 10.1 Å². The van der Waals surface area contributed by atoms with Crippen LogP contribution in [0.1, 0.15) is 18.4 Å². The molecule has 1 unspecified atom stereocenters. The highest BCUT2D eigenvalue weighted by molar-refractivity contribution is 5.76. The predicted molar refractivity (Wildman–Crippen MR) is 59.6 cm³/mol. The summed E-state index contributed by atoms with van der Waals surface area (Å²) >= 11 is 0. The van der Waals surface area contributed by atoms with Crippen LogP contribution in [-0.4, -0.2) is 24.1 Å². The minimum Gasteiger partial charge on any atom is -0.381 e. The van der Waals surface area contributed by atoms with Crippen LogP contribution in [0.2, 0.25) is 0 Å². The van der Waals surface area contributed by atoms with Crippen LogP contribution in [0.25, 0.3) is 0 Å². The molecule has 86 valence electrons. The number of aromatic nitrogens is 1. The largest absolute Gasteiger partial charge is 0.381 e. The van der Waals surface area contributed by atoms with Gasteiger partial charge in [-0.3, -0.25) is 9.78 Å². The molecule has 16 heavy (non-hydrogen) atoms. The fraction of sp³-hybridized carbons (Fsp3) is 0.500. The first-order valence-corrected chi connectivity index (χ1v) is 5.58. The van der Waals surface area contributed by atoms with Crippen LogP contribution in [0.3, 0.4) is 0 Å². The van der Waals surface area contributed by atoms with Gasteiger partial charge in [0.2, 0.25) is 5.91 Å². The fourth-order valence-electron chi connectivity index (χ4n) is 1.78. The zero-order chi connectivity index (χ0) is 11.2. The summed E-state index contributed by atoms with van der Waals surface area (Å²) in [5, 5.41) is 2.89. The van der Waals surface area contributed by atoms with E-state index in [9.17, 15) is 4.79 Å². The van der Waals surface area contributed by atoms with Crippen LogP contribution in [0.4, 0.5) is 0 Å². The van der Waals surface area contributed by atoms with E-state index in [1.807, 2.05) is 12.1 Å². The van der Waals surface area contributed by atoms with Gasteiger partial charge in [-0.2, -0.15) is 0 Å². The van der Waals surface area contributed by atoms with Crippen LogP contribution in [0, 0.1) is 5.92 Å². The third-order valence-corrected chi connectivity index (χ3v) is 2.71. The van der Waals surface area contributed by atoms with Gasteiger partial charge in [0.1, 0.15) is 0 Å². The zero-order valence-corrected chi connectivity index (χ0v) is 9.19. The lowest BCUT2D eigenvalue weighted by Gasteiger charge is -2.08. The Balaban J connectivity index is 1.71. The summed E-state index contributed by atoms with van der Waals surface area (Å²) < 4.78 is 5.23. The van der Waals surface area contributed by atoms with Crippen molar-refractivity contribution in [3.63, 3.8) is 0 Å². The monoisotopic (exact) mass is 220 g/mol. The Hall–Kier alpha value is -1.42. The topological polar surface area (TPSA) is 51.2 Å². The highest BCUT2D eigenvalue weighted by Crippen LogP contribution is 2.15. The number of hydrogen-bond acceptors (Lipinski definition) is 3. The molecule has 2 rings (SSSR count). The second-order valence-corrected chi connectivity index (χ2v) is 4.07. The maximum Gasteiger partial charge on any atom is 0.220 e. The Bertz CT molecular complexity index is 334. The van der Waals surface area contributed by atoms with Crippen LogP contribution >= 0.6 is 0 Å². The van der Waals surface area contributed by atoms with E-state index in [2.05, 4.69) is 10.3 Å². The molecule has 1 aromatic rings. The number of carbonyl (C=O) groups excluding carboxylic acids is 1. The summed E-state index contributed by atoms with van der Waals surface area (Å²) in [5.74, 6) is 0.494. The average molecular weight is 220 g/mol. The first kappa shape index (κ1) is 11.1. The fourth-order valence-corrected chi connectivity index (χ4v) is 1.78. The van der Waals surface area contributed by atoms with Crippen molar-refractivity contribution in [1.29, 1.82) is 0 Å². The Morgan fingerprint density at radius 2 is 2.56 bits per heavy atom. The van der Waals surface area contributed by atoms with Gasteiger partial charge in [-0.25, -0.2) is 0 Å². The van der Waals surface area contributed by atoms with Crippen molar-refractivity contribution in [2.24, 2.45) is 5.92 Å². The van der Waals surface area contributed by atoms with Gasteiger partial charge in [0, 0.05) is 38.6 Å². The summed E-state index contributed by atoms with van der Waals surface area (Å²) in [7, 11) is 0. The SMILES string of the molecule is O=C(CC1CCOC1)NCc1cccnc1. The quantitative estimate of drug-likeness (QED) is 0.827. The van der Waals surface area contributed by atoms with Crippen LogP contribution in [0.15, 0.2) is 24.5 Å². The number of ether oxygens (including phenoxy) is 1. The smallest absolute Gasteiger partial charge is 0.220 e. The summed E-state index contributed by atoms with van der Waals surface area (Å²) in [5.41, 5.74) is 1.03. The molecule has 0 saturated carbocycles. The number of rotatable bonds is 4. The lowest BCUT2D eigenvalue weighted by Crippen LogP contribution is -2.25. The molecule has 2 heterocycles. The van der Waals surface area contributed by atoms with Crippen molar-refractivity contribution >= 4 is 5.91 Å². The van der Waals surface area contributed by atoms with E-state index in [0.717, 1.165) is 25.2 Å². The van der Waals surface area contributed by atoms with E-state index in [-0.39, 0.29) is 5.91 Å². The van der Waals surface area contributed by atoms with Crippen LogP contribution in [-0.2, 0) is 16.1 Å². The molecular weight excluding hydrogens is 204 g/mol. The van der Waals surface area contributed by atoms with Gasteiger partial charge in [0.05, 0.1) is 0 Å². The van der Waals surface area contributed by atoms with Gasteiger partial charge in [-0.15, -0.1) is 0 Å². The molecular formula is C12H16N2O2. The third-order valence-electron chi connectivity index (χ3n) is 2.71. The van der Waals surface area contributed by atoms with Crippen molar-refractivity contribution in [2.45, 2.75) is 19.4 Å². The van der Waals surface area contributed by atoms with Gasteiger partial charge in [0.15, 0.2) is 0 Å². The zero-order valence-electron chi connectivity index (χ0n) is 9.19. The highest BCUT2D eigenvalue weighted by atomic mass is 16.5. The lowest BCUT2D eigenvalue weighted by atomic mass is 10.0. The van der Waals surface area contributed by atoms with Gasteiger partial charge in [-0.1, -0.05) is 6.07 Å². The summed E-state index contributed by atoms with van der Waals surface area (Å²) in [6, 6.07) is 3.82. The van der Waals surface area contributed by atoms with E-state index in [4.69, 9.17) is 4.74 Å². The standard InChI is InChI=1S/C12H16N2O2/c15-12(6-10-3-5-16-9-10)14-8-11-2-1-4-13-7-11/h1-2,4,7,10H,3,5-6,8-9H2,(H,14,15). The van der Waals surface area contributed by atoms with E-state index >= 15 is 0 Å². The number of pyridine rings is 1. The Morgan fingerprint density at radius 3 is 3.25 bits per heavy atom. The first-order chi connectivity index (χ1) is 7.84. The first-order valence-electron chi connectivity index (χ1n) is 5.58. The molecule has 1 saturated heterocycles. The van der Waals surface area contributed by atoms with Gasteiger partial charge in [-0.05, 0) is 24.0 Å². The number of carbonyl (C=O) groups is 1. The van der Waals surface area contributed by atoms with Crippen molar-refractivity contribution in [1.82, 2.24) is 10.3 Å². The molecule has 1 fully saturated rings. The minimum absolute atomic E-state index is 0.0966. The van der Waals surface area contributed by atoms with Crippen molar-refractivity contribution in [3.05, 3.63) is 30.1 Å². The normalized spacial score (nSPS) is 19.6. The second kappa shape index (κ2) is 5.61. The maximum absolute atomic E-state index is 11.6. The third kappa shape index (κ3) is 3.31. The maximum atomic E-state index is 11.6. The van der Waals surface area contributed by atoms with Gasteiger partial charge in [0.25, 0.3) is 0 Å². The molecule has 0 aromatic carbocycles. The lowest BCUT2D eigenvalue weighted by molar-refractivity contribution is -0.122. The summed E-state index contributed by atoms with van der Waals surface area (Å²) in [6.07, 6.45) is 5.06. The number of hydrogen-bond donors (Lipinski definition) is 1. The summed E-state index contributed by atoms with van der Waals surface area (Å²) in [6.45, 7) is 2.07. The molecule has 0 aliphatic carbocycles. The minimum atomic E-state index is 0.0966. The number of nitrogens with zero attached hydrogens (tertiary/aromatic N) is 1. The van der Waals surface area contributed by atoms with Gasteiger partial charge >= 0.3 is 0 Å². The molecule has 1 aliphatic rings. The van der Waals surface area contributed by atoms with Crippen LogP contribution in [0.5, 0.6) is 0 Å². The number of amides is 1. The van der Waals surface area contributed by atoms with E-state index in [1.165, 1.54) is 0 Å². The van der Waals surface area contributed by atoms with E-state index in [1.54, 1.807) is 12.4 Å². The molecule has 1 aromatic heterocycles. The Kier molecular flexibility index (Phi) is 3.88. The molecule has 1 atom stereocenters. The molecule has 0 radical (unpaired) electrons. The van der Waals surface area contributed by atoms with Crippen molar-refractivity contribution in [3.8, 4) is 0 Å². The molecule has 1 aliphatic heterocycles. The highest BCUT2D eigenvalue weighted by Gasteiger charge is 2.18.